The van der Waals surface area contributed by atoms with Crippen LogP contribution < -0.4 is 0 Å². The second kappa shape index (κ2) is 4.66. The Labute approximate surface area is 54.4 Å². The maximum absolute atomic E-state index is 7.94. The van der Waals surface area contributed by atoms with Crippen molar-refractivity contribution in [2.45, 2.75) is 0 Å². The molecule has 0 aliphatic carbocycles. The zero-order chi connectivity index (χ0) is 7.11. The zero-order valence-electron chi connectivity index (χ0n) is 5.00. The molecule has 0 aromatic carbocycles. The topological polar surface area (TPSA) is 33.0 Å². The van der Waals surface area contributed by atoms with Gasteiger partial charge in [0.15, 0.2) is 0 Å². The van der Waals surface area contributed by atoms with E-state index in [9.17, 15) is 0 Å². The Morgan fingerprint density at radius 1 is 1.67 bits per heavy atom. The first-order valence-electron chi connectivity index (χ1n) is 2.35. The second-order valence-electron chi connectivity index (χ2n) is 1.25. The lowest BCUT2D eigenvalue weighted by Crippen LogP contribution is -1.74. The molecule has 0 aromatic heterocycles. The van der Waals surface area contributed by atoms with Gasteiger partial charge in [-0.3, -0.25) is 0 Å². The van der Waals surface area contributed by atoms with E-state index in [-0.39, 0.29) is 0 Å². The van der Waals surface area contributed by atoms with E-state index in [4.69, 9.17) is 5.26 Å². The van der Waals surface area contributed by atoms with Crippen LogP contribution in [0, 0.1) is 11.5 Å². The van der Waals surface area contributed by atoms with Gasteiger partial charge in [0.25, 0.3) is 6.26 Å². The van der Waals surface area contributed by atoms with Gasteiger partial charge in [0.1, 0.15) is 5.76 Å². The Bertz CT molecular complexity index is 174. The van der Waals surface area contributed by atoms with Gasteiger partial charge in [0, 0.05) is 0 Å². The molecule has 0 aromatic rings. The lowest BCUT2D eigenvalue weighted by molar-refractivity contribution is 0.395. The normalized spacial score (nSPS) is 8.33. The quantitative estimate of drug-likeness (QED) is 0.323. The molecule has 0 rings (SSSR count). The fraction of sp³-hybridized carbons (Fsp3) is 0. The predicted octanol–water partition coefficient (Wildman–Crippen LogP) is 1.74. The van der Waals surface area contributed by atoms with Gasteiger partial charge in [0.05, 0.1) is 0 Å². The highest BCUT2D eigenvalue weighted by Gasteiger charge is 1.81. The fourth-order valence-corrected chi connectivity index (χ4v) is 0.268. The highest BCUT2D eigenvalue weighted by Crippen LogP contribution is 1.92. The first-order chi connectivity index (χ1) is 4.31. The molecule has 0 radical (unpaired) electrons. The SMILES string of the molecule is C=C/C=C\C(=C)OC#N. The van der Waals surface area contributed by atoms with Gasteiger partial charge < -0.3 is 4.74 Å². The van der Waals surface area contributed by atoms with Crippen LogP contribution in [0.15, 0.2) is 37.1 Å². The summed E-state index contributed by atoms with van der Waals surface area (Å²) in [5.74, 6) is 0.317. The first kappa shape index (κ1) is 7.51. The molecule has 0 aliphatic rings. The average Bonchev–Trinajstić information content (AvgIpc) is 1.85. The second-order valence-corrected chi connectivity index (χ2v) is 1.25. The molecule has 46 valence electrons. The van der Waals surface area contributed by atoms with Gasteiger partial charge in [-0.05, 0) is 6.08 Å². The summed E-state index contributed by atoms with van der Waals surface area (Å²) in [7, 11) is 0. The van der Waals surface area contributed by atoms with Crippen molar-refractivity contribution in [3.63, 3.8) is 0 Å². The Hall–Kier alpha value is -1.49. The number of nitriles is 1. The lowest BCUT2D eigenvalue weighted by Gasteiger charge is -1.87. The van der Waals surface area contributed by atoms with E-state index in [0.29, 0.717) is 5.76 Å². The number of hydrogen-bond acceptors (Lipinski definition) is 2. The van der Waals surface area contributed by atoms with Crippen LogP contribution >= 0.6 is 0 Å². The van der Waals surface area contributed by atoms with E-state index in [2.05, 4.69) is 17.9 Å². The Morgan fingerprint density at radius 3 is 2.78 bits per heavy atom. The third-order valence-corrected chi connectivity index (χ3v) is 0.595. The Morgan fingerprint density at radius 2 is 2.33 bits per heavy atom. The van der Waals surface area contributed by atoms with Gasteiger partial charge in [0.2, 0.25) is 0 Å². The molecule has 0 heterocycles. The highest BCUT2D eigenvalue weighted by atomic mass is 16.5. The van der Waals surface area contributed by atoms with Crippen LogP contribution in [0.25, 0.3) is 0 Å². The summed E-state index contributed by atoms with van der Waals surface area (Å²) in [6.45, 7) is 6.83. The molecule has 0 saturated carbocycles. The molecule has 2 nitrogen and oxygen atoms in total. The zero-order valence-corrected chi connectivity index (χ0v) is 5.00. The molecule has 0 unspecified atom stereocenters. The predicted molar refractivity (Wildman–Crippen MR) is 35.2 cm³/mol. The van der Waals surface area contributed by atoms with Crippen LogP contribution in [0.4, 0.5) is 0 Å². The molecule has 0 spiro atoms. The average molecular weight is 121 g/mol. The third kappa shape index (κ3) is 4.36. The smallest absolute Gasteiger partial charge is 0.292 e. The minimum atomic E-state index is 0.317. The van der Waals surface area contributed by atoms with Gasteiger partial charge in [-0.2, -0.15) is 0 Å². The largest absolute Gasteiger partial charge is 0.389 e. The summed E-state index contributed by atoms with van der Waals surface area (Å²) in [5.41, 5.74) is 0. The van der Waals surface area contributed by atoms with Crippen molar-refractivity contribution in [3.05, 3.63) is 37.1 Å². The number of rotatable bonds is 3. The van der Waals surface area contributed by atoms with Crippen LogP contribution in [0.2, 0.25) is 0 Å². The number of nitrogens with zero attached hydrogens (tertiary/aromatic N) is 1. The highest BCUT2D eigenvalue weighted by molar-refractivity contribution is 5.13. The molecule has 0 bridgehead atoms. The number of allylic oxidation sites excluding steroid dienone is 3. The summed E-state index contributed by atoms with van der Waals surface area (Å²) in [5, 5.41) is 7.94. The van der Waals surface area contributed by atoms with Crippen LogP contribution in [0.5, 0.6) is 0 Å². The van der Waals surface area contributed by atoms with Crippen LogP contribution in [0.1, 0.15) is 0 Å². The van der Waals surface area contributed by atoms with Gasteiger partial charge in [-0.15, -0.1) is 5.26 Å². The summed E-state index contributed by atoms with van der Waals surface area (Å²) in [6.07, 6.45) is 6.26. The summed E-state index contributed by atoms with van der Waals surface area (Å²) >= 11 is 0. The van der Waals surface area contributed by atoms with Gasteiger partial charge >= 0.3 is 0 Å². The molecule has 0 fully saturated rings. The van der Waals surface area contributed by atoms with E-state index >= 15 is 0 Å². The van der Waals surface area contributed by atoms with Gasteiger partial charge in [-0.25, -0.2) is 0 Å². The van der Waals surface area contributed by atoms with Crippen molar-refractivity contribution in [2.75, 3.05) is 0 Å². The lowest BCUT2D eigenvalue weighted by atomic mass is 10.4. The van der Waals surface area contributed by atoms with E-state index in [1.165, 1.54) is 6.26 Å². The Kier molecular flexibility index (Phi) is 3.89. The molecular weight excluding hydrogens is 114 g/mol. The fourth-order valence-electron chi connectivity index (χ4n) is 0.268. The minimum Gasteiger partial charge on any atom is -0.389 e. The van der Waals surface area contributed by atoms with Crippen molar-refractivity contribution >= 4 is 0 Å². The summed E-state index contributed by atoms with van der Waals surface area (Å²) in [4.78, 5) is 0. The third-order valence-electron chi connectivity index (χ3n) is 0.595. The van der Waals surface area contributed by atoms with Crippen molar-refractivity contribution < 1.29 is 4.74 Å². The minimum absolute atomic E-state index is 0.317. The Balaban J connectivity index is 3.66. The molecule has 2 heteroatoms. The van der Waals surface area contributed by atoms with E-state index in [1.807, 2.05) is 0 Å². The first-order valence-corrected chi connectivity index (χ1v) is 2.35. The van der Waals surface area contributed by atoms with Crippen molar-refractivity contribution in [3.8, 4) is 6.26 Å². The molecule has 0 amide bonds. The van der Waals surface area contributed by atoms with Crippen molar-refractivity contribution in [2.24, 2.45) is 0 Å². The van der Waals surface area contributed by atoms with E-state index in [0.717, 1.165) is 0 Å². The van der Waals surface area contributed by atoms with Crippen LogP contribution in [-0.2, 0) is 4.74 Å². The summed E-state index contributed by atoms with van der Waals surface area (Å²) < 4.78 is 4.32. The van der Waals surface area contributed by atoms with E-state index < -0.39 is 0 Å². The molecule has 9 heavy (non-hydrogen) atoms. The maximum Gasteiger partial charge on any atom is 0.292 e. The summed E-state index contributed by atoms with van der Waals surface area (Å²) in [6, 6.07) is 0. The standard InChI is InChI=1S/C7H7NO/c1-3-4-5-7(2)9-6-8/h3-5H,1-2H2/b5-4-. The monoisotopic (exact) mass is 121 g/mol. The van der Waals surface area contributed by atoms with E-state index in [1.54, 1.807) is 18.2 Å². The molecule has 0 N–H and O–H groups in total. The van der Waals surface area contributed by atoms with Crippen molar-refractivity contribution in [1.29, 1.82) is 5.26 Å². The number of ether oxygens (including phenoxy) is 1. The van der Waals surface area contributed by atoms with Crippen LogP contribution in [0.3, 0.4) is 0 Å². The molecule has 0 aliphatic heterocycles. The van der Waals surface area contributed by atoms with Crippen molar-refractivity contribution in [1.82, 2.24) is 0 Å². The molecule has 0 saturated heterocycles. The molecule has 0 atom stereocenters. The van der Waals surface area contributed by atoms with Gasteiger partial charge in [-0.1, -0.05) is 25.3 Å². The maximum atomic E-state index is 7.94. The number of hydrogen-bond donors (Lipinski definition) is 0. The molecular formula is C7H7NO. The van der Waals surface area contributed by atoms with Crippen LogP contribution in [-0.4, -0.2) is 0 Å².